The Balaban J connectivity index is 1.52. The molecule has 0 bridgehead atoms. The Labute approximate surface area is 165 Å². The number of anilines is 2. The number of H-pyrrole nitrogens is 1. The number of amides is 1. The smallest absolute Gasteiger partial charge is 0.261 e. The molecule has 0 radical (unpaired) electrons. The van der Waals surface area contributed by atoms with E-state index in [0.717, 1.165) is 40.4 Å². The highest BCUT2D eigenvalue weighted by Gasteiger charge is 2.24. The van der Waals surface area contributed by atoms with E-state index < -0.39 is 0 Å². The predicted octanol–water partition coefficient (Wildman–Crippen LogP) is 3.43. The Hall–Kier alpha value is -3.20. The van der Waals surface area contributed by atoms with E-state index in [1.807, 2.05) is 48.7 Å². The van der Waals surface area contributed by atoms with E-state index in [1.165, 1.54) is 11.3 Å². The fourth-order valence-corrected chi connectivity index (χ4v) is 3.87. The van der Waals surface area contributed by atoms with Crippen molar-refractivity contribution in [1.82, 2.24) is 29.9 Å². The highest BCUT2D eigenvalue weighted by molar-refractivity contribution is 7.17. The maximum atomic E-state index is 12.3. The van der Waals surface area contributed by atoms with E-state index in [0.29, 0.717) is 22.7 Å². The predicted molar refractivity (Wildman–Crippen MR) is 108 cm³/mol. The molecule has 0 spiro atoms. The molecule has 0 atom stereocenters. The SMILES string of the molecule is Cc1cn2c(Nc3cc(C)[nH]n3)nc(-c3ccc(C(=O)NC4CC4)s3)cc2n1. The van der Waals surface area contributed by atoms with Crippen LogP contribution in [0.4, 0.5) is 11.8 Å². The number of thiophene rings is 1. The van der Waals surface area contributed by atoms with Crippen LogP contribution in [-0.2, 0) is 0 Å². The van der Waals surface area contributed by atoms with Crippen LogP contribution >= 0.6 is 11.3 Å². The number of carbonyl (C=O) groups is 1. The van der Waals surface area contributed by atoms with Crippen LogP contribution in [0, 0.1) is 13.8 Å². The molecule has 4 heterocycles. The molecule has 8 nitrogen and oxygen atoms in total. The third kappa shape index (κ3) is 3.24. The summed E-state index contributed by atoms with van der Waals surface area (Å²) in [4.78, 5) is 23.3. The molecular weight excluding hydrogens is 374 g/mol. The van der Waals surface area contributed by atoms with Gasteiger partial charge in [-0.25, -0.2) is 9.97 Å². The van der Waals surface area contributed by atoms with Gasteiger partial charge in [0.2, 0.25) is 5.95 Å². The van der Waals surface area contributed by atoms with Gasteiger partial charge in [0, 0.05) is 30.1 Å². The maximum absolute atomic E-state index is 12.3. The quantitative estimate of drug-likeness (QED) is 0.482. The highest BCUT2D eigenvalue weighted by atomic mass is 32.1. The lowest BCUT2D eigenvalue weighted by molar-refractivity contribution is 0.0955. The van der Waals surface area contributed by atoms with Crippen LogP contribution in [0.25, 0.3) is 16.2 Å². The number of hydrogen-bond acceptors (Lipinski definition) is 6. The second kappa shape index (κ2) is 6.45. The summed E-state index contributed by atoms with van der Waals surface area (Å²) >= 11 is 1.44. The Morgan fingerprint density at radius 3 is 2.86 bits per heavy atom. The van der Waals surface area contributed by atoms with Crippen LogP contribution in [0.1, 0.15) is 33.9 Å². The van der Waals surface area contributed by atoms with Gasteiger partial charge in [-0.15, -0.1) is 11.3 Å². The van der Waals surface area contributed by atoms with Crippen molar-refractivity contribution < 1.29 is 4.79 Å². The van der Waals surface area contributed by atoms with E-state index in [2.05, 4.69) is 25.8 Å². The Bertz CT molecular complexity index is 1180. The number of aryl methyl sites for hydroxylation is 2. The number of imidazole rings is 1. The topological polar surface area (TPSA) is 100 Å². The van der Waals surface area contributed by atoms with Crippen LogP contribution in [0.15, 0.2) is 30.5 Å². The van der Waals surface area contributed by atoms with Gasteiger partial charge in [-0.1, -0.05) is 0 Å². The molecule has 0 saturated heterocycles. The first-order valence-corrected chi connectivity index (χ1v) is 9.94. The van der Waals surface area contributed by atoms with Crippen LogP contribution in [0.2, 0.25) is 0 Å². The van der Waals surface area contributed by atoms with E-state index in [4.69, 9.17) is 4.98 Å². The fraction of sp³-hybridized carbons (Fsp3) is 0.263. The number of fused-ring (bicyclic) bond motifs is 1. The number of nitrogens with zero attached hydrogens (tertiary/aromatic N) is 4. The van der Waals surface area contributed by atoms with Crippen molar-refractivity contribution in [2.24, 2.45) is 0 Å². The Morgan fingerprint density at radius 2 is 2.11 bits per heavy atom. The standard InChI is InChI=1S/C19H19N7OS/c1-10-7-16(25-24-10)23-19-22-13(8-17-20-11(2)9-26(17)19)14-5-6-15(28-14)18(27)21-12-3-4-12/h5-9,12H,3-4H2,1-2H3,(H,21,27)(H2,22,23,24,25). The zero-order valence-electron chi connectivity index (χ0n) is 15.5. The minimum absolute atomic E-state index is 0.0122. The zero-order valence-corrected chi connectivity index (χ0v) is 16.3. The number of rotatable bonds is 5. The number of aromatic nitrogens is 5. The van der Waals surface area contributed by atoms with Crippen molar-refractivity contribution in [2.75, 3.05) is 5.32 Å². The van der Waals surface area contributed by atoms with E-state index in [-0.39, 0.29) is 5.91 Å². The molecule has 1 fully saturated rings. The lowest BCUT2D eigenvalue weighted by Gasteiger charge is -2.07. The van der Waals surface area contributed by atoms with Gasteiger partial charge in [-0.3, -0.25) is 14.3 Å². The summed E-state index contributed by atoms with van der Waals surface area (Å²) in [5.74, 6) is 1.30. The number of carbonyl (C=O) groups excluding carboxylic acids is 1. The second-order valence-electron chi connectivity index (χ2n) is 7.05. The lowest BCUT2D eigenvalue weighted by atomic mass is 10.3. The average Bonchev–Trinajstić information content (AvgIpc) is 3.06. The largest absolute Gasteiger partial charge is 0.349 e. The molecule has 1 aliphatic rings. The van der Waals surface area contributed by atoms with Gasteiger partial charge in [0.05, 0.1) is 21.1 Å². The van der Waals surface area contributed by atoms with Gasteiger partial charge in [0.15, 0.2) is 5.82 Å². The summed E-state index contributed by atoms with van der Waals surface area (Å²) in [5, 5.41) is 13.4. The van der Waals surface area contributed by atoms with Gasteiger partial charge < -0.3 is 10.6 Å². The van der Waals surface area contributed by atoms with E-state index in [1.54, 1.807) is 0 Å². The molecule has 4 aromatic rings. The van der Waals surface area contributed by atoms with Gasteiger partial charge in [-0.2, -0.15) is 5.10 Å². The fourth-order valence-electron chi connectivity index (χ4n) is 3.00. The van der Waals surface area contributed by atoms with Crippen molar-refractivity contribution in [3.63, 3.8) is 0 Å². The summed E-state index contributed by atoms with van der Waals surface area (Å²) in [6, 6.07) is 7.97. The molecule has 28 heavy (non-hydrogen) atoms. The first kappa shape index (κ1) is 16.9. The monoisotopic (exact) mass is 393 g/mol. The molecule has 142 valence electrons. The molecule has 9 heteroatoms. The molecule has 3 N–H and O–H groups in total. The zero-order chi connectivity index (χ0) is 19.3. The summed E-state index contributed by atoms with van der Waals surface area (Å²) in [5.41, 5.74) is 3.41. The normalized spacial score (nSPS) is 13.8. The second-order valence-corrected chi connectivity index (χ2v) is 8.13. The Kier molecular flexibility index (Phi) is 3.90. The van der Waals surface area contributed by atoms with Gasteiger partial charge in [0.1, 0.15) is 5.65 Å². The number of hydrogen-bond donors (Lipinski definition) is 3. The summed E-state index contributed by atoms with van der Waals surface area (Å²) in [6.07, 6.45) is 4.07. The minimum atomic E-state index is -0.0122. The van der Waals surface area contributed by atoms with Gasteiger partial charge >= 0.3 is 0 Å². The molecule has 4 aromatic heterocycles. The molecular formula is C19H19N7OS. The summed E-state index contributed by atoms with van der Waals surface area (Å²) in [7, 11) is 0. The molecule has 0 unspecified atom stereocenters. The minimum Gasteiger partial charge on any atom is -0.349 e. The first-order chi connectivity index (χ1) is 13.5. The van der Waals surface area contributed by atoms with Crippen LogP contribution in [0.3, 0.4) is 0 Å². The van der Waals surface area contributed by atoms with Crippen molar-refractivity contribution in [2.45, 2.75) is 32.7 Å². The van der Waals surface area contributed by atoms with Crippen molar-refractivity contribution in [3.05, 3.63) is 46.7 Å². The average molecular weight is 393 g/mol. The van der Waals surface area contributed by atoms with E-state index >= 15 is 0 Å². The van der Waals surface area contributed by atoms with Crippen LogP contribution in [-0.4, -0.2) is 36.5 Å². The van der Waals surface area contributed by atoms with Gasteiger partial charge in [0.25, 0.3) is 5.91 Å². The van der Waals surface area contributed by atoms with Crippen LogP contribution in [0.5, 0.6) is 0 Å². The number of aromatic amines is 1. The number of nitrogens with one attached hydrogen (secondary N) is 3. The lowest BCUT2D eigenvalue weighted by Crippen LogP contribution is -2.24. The summed E-state index contributed by atoms with van der Waals surface area (Å²) in [6.45, 7) is 3.89. The third-order valence-corrected chi connectivity index (χ3v) is 5.62. The van der Waals surface area contributed by atoms with Crippen molar-refractivity contribution in [1.29, 1.82) is 0 Å². The molecule has 1 aliphatic carbocycles. The molecule has 5 rings (SSSR count). The van der Waals surface area contributed by atoms with Gasteiger partial charge in [-0.05, 0) is 38.8 Å². The molecule has 1 amide bonds. The molecule has 0 aliphatic heterocycles. The molecule has 0 aromatic carbocycles. The Morgan fingerprint density at radius 1 is 1.25 bits per heavy atom. The summed E-state index contributed by atoms with van der Waals surface area (Å²) < 4.78 is 1.90. The molecule has 1 saturated carbocycles. The first-order valence-electron chi connectivity index (χ1n) is 9.12. The highest BCUT2D eigenvalue weighted by Crippen LogP contribution is 2.30. The van der Waals surface area contributed by atoms with Crippen molar-refractivity contribution >= 4 is 34.7 Å². The third-order valence-electron chi connectivity index (χ3n) is 4.51. The maximum Gasteiger partial charge on any atom is 0.261 e. The van der Waals surface area contributed by atoms with Crippen LogP contribution < -0.4 is 10.6 Å². The van der Waals surface area contributed by atoms with E-state index in [9.17, 15) is 4.79 Å². The van der Waals surface area contributed by atoms with Crippen molar-refractivity contribution in [3.8, 4) is 10.6 Å².